The predicted octanol–water partition coefficient (Wildman–Crippen LogP) is 2.88. The number of rotatable bonds is 2. The van der Waals surface area contributed by atoms with E-state index in [-0.39, 0.29) is 0 Å². The Bertz CT molecular complexity index is 671. The zero-order valence-corrected chi connectivity index (χ0v) is 10.0. The van der Waals surface area contributed by atoms with Crippen LogP contribution in [0.4, 0.5) is 5.69 Å². The Kier molecular flexibility index (Phi) is 2.26. The zero-order chi connectivity index (χ0) is 11.8. The topological polar surface area (TPSA) is 63.9 Å². The van der Waals surface area contributed by atoms with Gasteiger partial charge in [-0.1, -0.05) is 0 Å². The van der Waals surface area contributed by atoms with Crippen molar-refractivity contribution in [2.45, 2.75) is 0 Å². The Morgan fingerprint density at radius 2 is 2.24 bits per heavy atom. The third-order valence-electron chi connectivity index (χ3n) is 2.57. The maximum absolute atomic E-state index is 5.74. The number of ether oxygens (including phenoxy) is 1. The fraction of sp³-hybridized carbons (Fsp3) is 0.0833. The molecule has 0 aliphatic carbocycles. The van der Waals surface area contributed by atoms with Gasteiger partial charge in [0.25, 0.3) is 0 Å². The SMILES string of the molecule is COc1ccsc1-c1nc2ccc(N)cc2[nH]1. The van der Waals surface area contributed by atoms with E-state index in [4.69, 9.17) is 10.5 Å². The van der Waals surface area contributed by atoms with E-state index in [0.29, 0.717) is 0 Å². The molecule has 0 saturated carbocycles. The number of nitrogens with two attached hydrogens (primary N) is 1. The largest absolute Gasteiger partial charge is 0.495 e. The number of imidazole rings is 1. The van der Waals surface area contributed by atoms with Crippen LogP contribution in [-0.2, 0) is 0 Å². The number of thiophene rings is 1. The molecular weight excluding hydrogens is 234 g/mol. The van der Waals surface area contributed by atoms with Crippen molar-refractivity contribution in [2.75, 3.05) is 12.8 Å². The van der Waals surface area contributed by atoms with Crippen molar-refractivity contribution in [3.8, 4) is 16.5 Å². The molecule has 2 aromatic heterocycles. The Morgan fingerprint density at radius 1 is 1.35 bits per heavy atom. The Morgan fingerprint density at radius 3 is 3.06 bits per heavy atom. The smallest absolute Gasteiger partial charge is 0.152 e. The lowest BCUT2D eigenvalue weighted by Crippen LogP contribution is -1.83. The maximum atomic E-state index is 5.74. The highest BCUT2D eigenvalue weighted by molar-refractivity contribution is 7.13. The summed E-state index contributed by atoms with van der Waals surface area (Å²) in [5.41, 5.74) is 8.31. The molecule has 1 aromatic carbocycles. The van der Waals surface area contributed by atoms with E-state index in [1.165, 1.54) is 0 Å². The number of nitrogen functional groups attached to an aromatic ring is 1. The summed E-state index contributed by atoms with van der Waals surface area (Å²) < 4.78 is 5.29. The monoisotopic (exact) mass is 245 g/mol. The Balaban J connectivity index is 2.18. The molecule has 0 fully saturated rings. The molecule has 86 valence electrons. The Hall–Kier alpha value is -2.01. The molecule has 0 bridgehead atoms. The van der Waals surface area contributed by atoms with Gasteiger partial charge >= 0.3 is 0 Å². The van der Waals surface area contributed by atoms with Crippen LogP contribution in [0.3, 0.4) is 0 Å². The van der Waals surface area contributed by atoms with Crippen LogP contribution in [0.15, 0.2) is 29.6 Å². The predicted molar refractivity (Wildman–Crippen MR) is 70.4 cm³/mol. The molecule has 2 heterocycles. The first-order chi connectivity index (χ1) is 8.28. The average molecular weight is 245 g/mol. The van der Waals surface area contributed by atoms with Crippen LogP contribution in [0.25, 0.3) is 21.7 Å². The van der Waals surface area contributed by atoms with Crippen LogP contribution >= 0.6 is 11.3 Å². The molecule has 3 aromatic rings. The molecule has 3 N–H and O–H groups in total. The molecule has 5 heteroatoms. The van der Waals surface area contributed by atoms with Gasteiger partial charge in [0.05, 0.1) is 18.1 Å². The van der Waals surface area contributed by atoms with E-state index in [1.807, 2.05) is 29.6 Å². The second-order valence-electron chi connectivity index (χ2n) is 3.68. The van der Waals surface area contributed by atoms with Gasteiger partial charge in [0, 0.05) is 5.69 Å². The van der Waals surface area contributed by atoms with Gasteiger partial charge in [-0.05, 0) is 29.6 Å². The molecule has 0 amide bonds. The van der Waals surface area contributed by atoms with Gasteiger partial charge in [-0.15, -0.1) is 11.3 Å². The highest BCUT2D eigenvalue weighted by Gasteiger charge is 2.11. The van der Waals surface area contributed by atoms with E-state index in [2.05, 4.69) is 9.97 Å². The molecule has 0 aliphatic rings. The molecule has 0 spiro atoms. The number of hydrogen-bond acceptors (Lipinski definition) is 4. The van der Waals surface area contributed by atoms with Crippen LogP contribution in [0.2, 0.25) is 0 Å². The van der Waals surface area contributed by atoms with Crippen LogP contribution in [0.1, 0.15) is 0 Å². The number of methoxy groups -OCH3 is 1. The highest BCUT2D eigenvalue weighted by atomic mass is 32.1. The minimum atomic E-state index is 0.728. The summed E-state index contributed by atoms with van der Waals surface area (Å²) in [7, 11) is 1.66. The lowest BCUT2D eigenvalue weighted by Gasteiger charge is -1.97. The number of H-pyrrole nitrogens is 1. The standard InChI is InChI=1S/C12H11N3OS/c1-16-10-4-5-17-11(10)12-14-8-3-2-7(13)6-9(8)15-12/h2-6H,13H2,1H3,(H,14,15). The number of nitrogens with one attached hydrogen (secondary N) is 1. The van der Waals surface area contributed by atoms with Gasteiger partial charge in [-0.3, -0.25) is 0 Å². The highest BCUT2D eigenvalue weighted by Crippen LogP contribution is 2.34. The second kappa shape index (κ2) is 3.78. The Labute approximate surface area is 102 Å². The lowest BCUT2D eigenvalue weighted by molar-refractivity contribution is 0.418. The van der Waals surface area contributed by atoms with Crippen molar-refractivity contribution in [3.63, 3.8) is 0 Å². The number of hydrogen-bond donors (Lipinski definition) is 2. The molecule has 0 aliphatic heterocycles. The quantitative estimate of drug-likeness (QED) is 0.682. The van der Waals surface area contributed by atoms with E-state index in [9.17, 15) is 0 Å². The number of fused-ring (bicyclic) bond motifs is 1. The van der Waals surface area contributed by atoms with Crippen molar-refractivity contribution in [2.24, 2.45) is 0 Å². The number of aromatic amines is 1. The van der Waals surface area contributed by atoms with E-state index < -0.39 is 0 Å². The summed E-state index contributed by atoms with van der Waals surface area (Å²) in [4.78, 5) is 8.78. The van der Waals surface area contributed by atoms with Gasteiger partial charge in [0.2, 0.25) is 0 Å². The lowest BCUT2D eigenvalue weighted by atomic mass is 10.3. The molecule has 0 radical (unpaired) electrons. The van der Waals surface area contributed by atoms with Crippen molar-refractivity contribution in [1.82, 2.24) is 9.97 Å². The first kappa shape index (κ1) is 10.2. The first-order valence-corrected chi connectivity index (χ1v) is 6.03. The van der Waals surface area contributed by atoms with Crippen LogP contribution in [0.5, 0.6) is 5.75 Å². The third kappa shape index (κ3) is 1.64. The van der Waals surface area contributed by atoms with Gasteiger partial charge in [0.15, 0.2) is 5.82 Å². The molecule has 17 heavy (non-hydrogen) atoms. The third-order valence-corrected chi connectivity index (χ3v) is 3.47. The number of aromatic nitrogens is 2. The summed E-state index contributed by atoms with van der Waals surface area (Å²) in [5.74, 6) is 1.65. The number of anilines is 1. The van der Waals surface area contributed by atoms with E-state index in [1.54, 1.807) is 18.4 Å². The van der Waals surface area contributed by atoms with Crippen LogP contribution in [-0.4, -0.2) is 17.1 Å². The number of benzene rings is 1. The zero-order valence-electron chi connectivity index (χ0n) is 9.23. The molecule has 0 unspecified atom stereocenters. The van der Waals surface area contributed by atoms with E-state index in [0.717, 1.165) is 33.2 Å². The van der Waals surface area contributed by atoms with Crippen LogP contribution in [0, 0.1) is 0 Å². The number of nitrogens with zero attached hydrogens (tertiary/aromatic N) is 1. The van der Waals surface area contributed by atoms with Gasteiger partial charge in [-0.25, -0.2) is 4.98 Å². The summed E-state index contributed by atoms with van der Waals surface area (Å²) in [5, 5.41) is 1.98. The van der Waals surface area contributed by atoms with Crippen molar-refractivity contribution < 1.29 is 4.74 Å². The first-order valence-electron chi connectivity index (χ1n) is 5.15. The van der Waals surface area contributed by atoms with Gasteiger partial charge in [-0.2, -0.15) is 0 Å². The summed E-state index contributed by atoms with van der Waals surface area (Å²) in [6.45, 7) is 0. The van der Waals surface area contributed by atoms with Crippen molar-refractivity contribution in [3.05, 3.63) is 29.6 Å². The molecule has 3 rings (SSSR count). The fourth-order valence-corrected chi connectivity index (χ4v) is 2.57. The molecule has 0 saturated heterocycles. The summed E-state index contributed by atoms with van der Waals surface area (Å²) in [6, 6.07) is 7.57. The summed E-state index contributed by atoms with van der Waals surface area (Å²) in [6.07, 6.45) is 0. The molecule has 0 atom stereocenters. The second-order valence-corrected chi connectivity index (χ2v) is 4.60. The normalized spacial score (nSPS) is 10.9. The average Bonchev–Trinajstić information content (AvgIpc) is 2.93. The van der Waals surface area contributed by atoms with E-state index >= 15 is 0 Å². The van der Waals surface area contributed by atoms with Gasteiger partial charge < -0.3 is 15.5 Å². The maximum Gasteiger partial charge on any atom is 0.152 e. The summed E-state index contributed by atoms with van der Waals surface area (Å²) >= 11 is 1.60. The fourth-order valence-electron chi connectivity index (χ4n) is 1.77. The molecular formula is C12H11N3OS. The minimum absolute atomic E-state index is 0.728. The van der Waals surface area contributed by atoms with Gasteiger partial charge in [0.1, 0.15) is 10.6 Å². The van der Waals surface area contributed by atoms with Crippen molar-refractivity contribution in [1.29, 1.82) is 0 Å². The minimum Gasteiger partial charge on any atom is -0.495 e. The van der Waals surface area contributed by atoms with Crippen molar-refractivity contribution >= 4 is 28.1 Å². The molecule has 4 nitrogen and oxygen atoms in total. The van der Waals surface area contributed by atoms with Crippen LogP contribution < -0.4 is 10.5 Å².